The molecule has 2 N–H and O–H groups in total. The van der Waals surface area contributed by atoms with Crippen LogP contribution < -0.4 is 5.73 Å². The van der Waals surface area contributed by atoms with Crippen molar-refractivity contribution in [3.8, 4) is 0 Å². The fourth-order valence-corrected chi connectivity index (χ4v) is 1.45. The number of carbonyl (C=O) groups excluding carboxylic acids is 1. The minimum Gasteiger partial charge on any atom is -0.490 e. The number of Topliss-reactive ketones (excluding diaryl/α,β-unsaturated/α-hetero) is 1. The fraction of sp³-hybridized carbons (Fsp3) is 0.700. The molecule has 0 aromatic heterocycles. The Morgan fingerprint density at radius 1 is 1.69 bits per heavy atom. The Kier molecular flexibility index (Phi) is 3.48. The topological polar surface area (TPSA) is 52.3 Å². The third kappa shape index (κ3) is 2.31. The van der Waals surface area contributed by atoms with Gasteiger partial charge in [-0.15, -0.1) is 0 Å². The van der Waals surface area contributed by atoms with Gasteiger partial charge in [0.05, 0.1) is 6.61 Å². The smallest absolute Gasteiger partial charge is 0.201 e. The van der Waals surface area contributed by atoms with E-state index in [4.69, 9.17) is 10.5 Å². The zero-order valence-corrected chi connectivity index (χ0v) is 8.25. The van der Waals surface area contributed by atoms with E-state index in [1.807, 2.05) is 19.9 Å². The van der Waals surface area contributed by atoms with Crippen molar-refractivity contribution in [2.24, 2.45) is 17.6 Å². The molecule has 0 spiro atoms. The van der Waals surface area contributed by atoms with Crippen molar-refractivity contribution in [2.45, 2.75) is 20.3 Å². The van der Waals surface area contributed by atoms with E-state index >= 15 is 0 Å². The summed E-state index contributed by atoms with van der Waals surface area (Å²) in [7, 11) is 0. The molecule has 0 aliphatic carbocycles. The van der Waals surface area contributed by atoms with Crippen LogP contribution in [0.25, 0.3) is 0 Å². The van der Waals surface area contributed by atoms with Gasteiger partial charge in [0, 0.05) is 18.9 Å². The van der Waals surface area contributed by atoms with Crippen molar-refractivity contribution < 1.29 is 9.53 Å². The molecular weight excluding hydrogens is 166 g/mol. The monoisotopic (exact) mass is 183 g/mol. The summed E-state index contributed by atoms with van der Waals surface area (Å²) >= 11 is 0. The first-order chi connectivity index (χ1) is 6.16. The van der Waals surface area contributed by atoms with Crippen LogP contribution >= 0.6 is 0 Å². The van der Waals surface area contributed by atoms with Crippen LogP contribution in [0.1, 0.15) is 20.3 Å². The van der Waals surface area contributed by atoms with E-state index < -0.39 is 0 Å². The van der Waals surface area contributed by atoms with Crippen LogP contribution in [0.2, 0.25) is 0 Å². The molecule has 0 fully saturated rings. The molecule has 3 nitrogen and oxygen atoms in total. The minimum atomic E-state index is -0.0932. The molecule has 1 rings (SSSR count). The van der Waals surface area contributed by atoms with Crippen LogP contribution in [-0.4, -0.2) is 18.9 Å². The summed E-state index contributed by atoms with van der Waals surface area (Å²) in [6.45, 7) is 5.05. The summed E-state index contributed by atoms with van der Waals surface area (Å²) in [5.41, 5.74) is 5.54. The van der Waals surface area contributed by atoms with Gasteiger partial charge in [-0.3, -0.25) is 4.79 Å². The van der Waals surface area contributed by atoms with Gasteiger partial charge >= 0.3 is 0 Å². The average Bonchev–Trinajstić information content (AvgIpc) is 2.56. The van der Waals surface area contributed by atoms with Crippen molar-refractivity contribution in [1.29, 1.82) is 0 Å². The molecule has 74 valence electrons. The van der Waals surface area contributed by atoms with E-state index in [9.17, 15) is 4.79 Å². The number of hydrogen-bond acceptors (Lipinski definition) is 3. The normalized spacial score (nSPS) is 18.3. The Balaban J connectivity index is 2.63. The van der Waals surface area contributed by atoms with E-state index in [1.54, 1.807) is 0 Å². The van der Waals surface area contributed by atoms with Gasteiger partial charge in [-0.1, -0.05) is 13.8 Å². The molecule has 1 unspecified atom stereocenters. The molecule has 0 aromatic carbocycles. The molecule has 0 saturated carbocycles. The predicted octanol–water partition coefficient (Wildman–Crippen LogP) is 1.09. The third-order valence-electron chi connectivity index (χ3n) is 2.34. The molecule has 1 aliphatic rings. The van der Waals surface area contributed by atoms with Crippen molar-refractivity contribution in [1.82, 2.24) is 0 Å². The lowest BCUT2D eigenvalue weighted by Gasteiger charge is -2.17. The lowest BCUT2D eigenvalue weighted by atomic mass is 9.90. The second-order valence-corrected chi connectivity index (χ2v) is 3.66. The molecular formula is C10H17NO2. The highest BCUT2D eigenvalue weighted by Crippen LogP contribution is 2.19. The van der Waals surface area contributed by atoms with E-state index in [0.29, 0.717) is 18.9 Å². The molecule has 1 heterocycles. The summed E-state index contributed by atoms with van der Waals surface area (Å²) < 4.78 is 5.20. The van der Waals surface area contributed by atoms with Crippen molar-refractivity contribution in [2.75, 3.05) is 13.2 Å². The number of hydrogen-bond donors (Lipinski definition) is 1. The number of carbonyl (C=O) groups is 1. The van der Waals surface area contributed by atoms with Crippen LogP contribution in [-0.2, 0) is 9.53 Å². The number of ether oxygens (including phenoxy) is 1. The Hall–Kier alpha value is -0.830. The molecule has 1 atom stereocenters. The SMILES string of the molecule is CC(C)C(CN)C(=O)C1=CCCO1. The summed E-state index contributed by atoms with van der Waals surface area (Å²) in [5, 5.41) is 0. The largest absolute Gasteiger partial charge is 0.490 e. The number of ketones is 1. The van der Waals surface area contributed by atoms with Gasteiger partial charge in [0.1, 0.15) is 0 Å². The minimum absolute atomic E-state index is 0.0648. The lowest BCUT2D eigenvalue weighted by Crippen LogP contribution is -2.29. The molecule has 0 radical (unpaired) electrons. The maximum absolute atomic E-state index is 11.7. The van der Waals surface area contributed by atoms with Crippen molar-refractivity contribution in [3.05, 3.63) is 11.8 Å². The Labute approximate surface area is 78.9 Å². The van der Waals surface area contributed by atoms with Gasteiger partial charge in [-0.25, -0.2) is 0 Å². The van der Waals surface area contributed by atoms with Gasteiger partial charge in [-0.05, 0) is 12.0 Å². The quantitative estimate of drug-likeness (QED) is 0.709. The maximum atomic E-state index is 11.7. The first kappa shape index (κ1) is 10.3. The van der Waals surface area contributed by atoms with E-state index in [2.05, 4.69) is 0 Å². The first-order valence-corrected chi connectivity index (χ1v) is 4.74. The van der Waals surface area contributed by atoms with Crippen LogP contribution in [0.5, 0.6) is 0 Å². The average molecular weight is 183 g/mol. The van der Waals surface area contributed by atoms with Crippen LogP contribution in [0, 0.1) is 11.8 Å². The van der Waals surface area contributed by atoms with E-state index in [-0.39, 0.29) is 17.6 Å². The van der Waals surface area contributed by atoms with Gasteiger partial charge in [0.25, 0.3) is 0 Å². The molecule has 3 heteroatoms. The summed E-state index contributed by atoms with van der Waals surface area (Å²) in [4.78, 5) is 11.7. The number of allylic oxidation sites excluding steroid dienone is 1. The number of rotatable bonds is 4. The zero-order valence-electron chi connectivity index (χ0n) is 8.25. The Morgan fingerprint density at radius 3 is 2.77 bits per heavy atom. The predicted molar refractivity (Wildman–Crippen MR) is 51.0 cm³/mol. The first-order valence-electron chi connectivity index (χ1n) is 4.74. The molecule has 0 saturated heterocycles. The van der Waals surface area contributed by atoms with Gasteiger partial charge in [0.15, 0.2) is 5.76 Å². The molecule has 0 bridgehead atoms. The second-order valence-electron chi connectivity index (χ2n) is 3.66. The highest BCUT2D eigenvalue weighted by atomic mass is 16.5. The highest BCUT2D eigenvalue weighted by Gasteiger charge is 2.26. The van der Waals surface area contributed by atoms with Gasteiger partial charge in [-0.2, -0.15) is 0 Å². The standard InChI is InChI=1S/C10H17NO2/c1-7(2)8(6-11)10(12)9-4-3-5-13-9/h4,7-8H,3,5-6,11H2,1-2H3. The Morgan fingerprint density at radius 2 is 2.38 bits per heavy atom. The third-order valence-corrected chi connectivity index (χ3v) is 2.34. The second kappa shape index (κ2) is 4.42. The van der Waals surface area contributed by atoms with Crippen LogP contribution in [0.4, 0.5) is 0 Å². The molecule has 0 amide bonds. The van der Waals surface area contributed by atoms with Crippen molar-refractivity contribution in [3.63, 3.8) is 0 Å². The lowest BCUT2D eigenvalue weighted by molar-refractivity contribution is -0.123. The van der Waals surface area contributed by atoms with Gasteiger partial charge in [0.2, 0.25) is 5.78 Å². The highest BCUT2D eigenvalue weighted by molar-refractivity contribution is 5.95. The zero-order chi connectivity index (χ0) is 9.84. The summed E-state index contributed by atoms with van der Waals surface area (Å²) in [6, 6.07) is 0. The molecule has 0 aromatic rings. The van der Waals surface area contributed by atoms with E-state index in [1.165, 1.54) is 0 Å². The molecule has 13 heavy (non-hydrogen) atoms. The fourth-order valence-electron chi connectivity index (χ4n) is 1.45. The number of nitrogens with two attached hydrogens (primary N) is 1. The Bertz CT molecular complexity index is 221. The summed E-state index contributed by atoms with van der Waals surface area (Å²) in [5.74, 6) is 0.770. The molecule has 1 aliphatic heterocycles. The maximum Gasteiger partial charge on any atom is 0.201 e. The van der Waals surface area contributed by atoms with Crippen LogP contribution in [0.15, 0.2) is 11.8 Å². The summed E-state index contributed by atoms with van der Waals surface area (Å²) in [6.07, 6.45) is 2.70. The van der Waals surface area contributed by atoms with Gasteiger partial charge < -0.3 is 10.5 Å². The van der Waals surface area contributed by atoms with Crippen molar-refractivity contribution >= 4 is 5.78 Å². The van der Waals surface area contributed by atoms with E-state index in [0.717, 1.165) is 6.42 Å². The van der Waals surface area contributed by atoms with Crippen LogP contribution in [0.3, 0.4) is 0 Å².